The molecule has 2 rings (SSSR count). The van der Waals surface area contributed by atoms with Gasteiger partial charge in [0.05, 0.1) is 12.5 Å². The van der Waals surface area contributed by atoms with Gasteiger partial charge in [-0.3, -0.25) is 9.59 Å². The highest BCUT2D eigenvalue weighted by Gasteiger charge is 2.20. The maximum Gasteiger partial charge on any atom is 0.229 e. The third kappa shape index (κ3) is 9.82. The quantitative estimate of drug-likeness (QED) is 0.287. The van der Waals surface area contributed by atoms with E-state index in [0.29, 0.717) is 24.0 Å². The lowest BCUT2D eigenvalue weighted by Crippen LogP contribution is -2.17. The van der Waals surface area contributed by atoms with E-state index in [1.807, 2.05) is 23.5 Å². The minimum atomic E-state index is -0.332. The molecule has 0 spiro atoms. The molecule has 0 saturated carbocycles. The van der Waals surface area contributed by atoms with Gasteiger partial charge in [0.2, 0.25) is 10.9 Å². The molecule has 0 aliphatic carbocycles. The third-order valence-electron chi connectivity index (χ3n) is 6.19. The van der Waals surface area contributed by atoms with Crippen molar-refractivity contribution in [1.82, 2.24) is 0 Å². The Hall–Kier alpha value is -1.80. The standard InChI is InChI=1S/C26H38O6S2/c1-25(2,7-5-19-15-31-17-21(27)23(19)29)9-11-33-13-14-34-12-10-26(3,4)8-6-20-16-32-18-22(28)24(20)30/h15-18,27-28H,5-14H2,1-4H3. The van der Waals surface area contributed by atoms with E-state index in [-0.39, 0.29) is 33.2 Å². The summed E-state index contributed by atoms with van der Waals surface area (Å²) in [7, 11) is 0. The summed E-state index contributed by atoms with van der Waals surface area (Å²) in [5.74, 6) is 3.75. The third-order valence-corrected chi connectivity index (χ3v) is 8.42. The first-order valence-electron chi connectivity index (χ1n) is 11.7. The van der Waals surface area contributed by atoms with E-state index in [4.69, 9.17) is 8.83 Å². The minimum absolute atomic E-state index is 0.120. The SMILES string of the molecule is CC(C)(CCSCCSCCC(C)(C)CCc1cocc(O)c1=O)CCc1cocc(O)c1=O. The number of rotatable bonds is 15. The van der Waals surface area contributed by atoms with Crippen molar-refractivity contribution < 1.29 is 19.0 Å². The number of aromatic hydroxyl groups is 2. The number of hydrogen-bond donors (Lipinski definition) is 2. The summed E-state index contributed by atoms with van der Waals surface area (Å²) in [6.07, 6.45) is 10.1. The highest BCUT2D eigenvalue weighted by Crippen LogP contribution is 2.30. The predicted molar refractivity (Wildman–Crippen MR) is 141 cm³/mol. The van der Waals surface area contributed by atoms with Crippen molar-refractivity contribution in [3.8, 4) is 11.5 Å². The largest absolute Gasteiger partial charge is 0.502 e. The molecule has 0 aliphatic heterocycles. The molecule has 0 atom stereocenters. The van der Waals surface area contributed by atoms with E-state index in [1.165, 1.54) is 12.5 Å². The Morgan fingerprint density at radius 1 is 0.647 bits per heavy atom. The van der Waals surface area contributed by atoms with Crippen LogP contribution in [-0.2, 0) is 12.8 Å². The van der Waals surface area contributed by atoms with Gasteiger partial charge in [0.25, 0.3) is 0 Å². The lowest BCUT2D eigenvalue weighted by atomic mass is 9.84. The summed E-state index contributed by atoms with van der Waals surface area (Å²) in [6.45, 7) is 8.87. The molecule has 0 aliphatic rings. The highest BCUT2D eigenvalue weighted by atomic mass is 32.2. The molecular formula is C26H38O6S2. The Balaban J connectivity index is 1.56. The molecule has 0 saturated heterocycles. The van der Waals surface area contributed by atoms with E-state index in [2.05, 4.69) is 27.7 Å². The molecule has 0 unspecified atom stereocenters. The second-order valence-corrected chi connectivity index (χ2v) is 12.7. The number of aryl methyl sites for hydroxylation is 2. The summed E-state index contributed by atoms with van der Waals surface area (Å²) >= 11 is 3.93. The average molecular weight is 511 g/mol. The van der Waals surface area contributed by atoms with Crippen LogP contribution in [0.25, 0.3) is 0 Å². The maximum absolute atomic E-state index is 11.9. The fourth-order valence-electron chi connectivity index (χ4n) is 3.46. The maximum atomic E-state index is 11.9. The van der Waals surface area contributed by atoms with Crippen LogP contribution in [0.15, 0.2) is 43.5 Å². The van der Waals surface area contributed by atoms with E-state index in [1.54, 1.807) is 0 Å². The van der Waals surface area contributed by atoms with Gasteiger partial charge in [0.15, 0.2) is 11.5 Å². The zero-order valence-electron chi connectivity index (χ0n) is 20.7. The van der Waals surface area contributed by atoms with Crippen molar-refractivity contribution in [1.29, 1.82) is 0 Å². The van der Waals surface area contributed by atoms with Crippen molar-refractivity contribution in [3.63, 3.8) is 0 Å². The van der Waals surface area contributed by atoms with Gasteiger partial charge in [-0.05, 0) is 60.9 Å². The van der Waals surface area contributed by atoms with Gasteiger partial charge in [-0.15, -0.1) is 0 Å². The first-order valence-corrected chi connectivity index (χ1v) is 14.0. The van der Waals surface area contributed by atoms with Crippen molar-refractivity contribution >= 4 is 23.5 Å². The zero-order valence-corrected chi connectivity index (χ0v) is 22.4. The molecular weight excluding hydrogens is 472 g/mol. The number of hydrogen-bond acceptors (Lipinski definition) is 8. The van der Waals surface area contributed by atoms with Crippen molar-refractivity contribution in [3.05, 3.63) is 56.6 Å². The zero-order chi connectivity index (χ0) is 25.2. The second-order valence-electron chi connectivity index (χ2n) is 10.3. The summed E-state index contributed by atoms with van der Waals surface area (Å²) in [4.78, 5) is 23.8. The van der Waals surface area contributed by atoms with Crippen LogP contribution in [0.5, 0.6) is 11.5 Å². The smallest absolute Gasteiger partial charge is 0.229 e. The molecule has 2 N–H and O–H groups in total. The van der Waals surface area contributed by atoms with Crippen molar-refractivity contribution in [2.24, 2.45) is 10.8 Å². The molecule has 6 nitrogen and oxygen atoms in total. The topological polar surface area (TPSA) is 101 Å². The van der Waals surface area contributed by atoms with Gasteiger partial charge in [-0.25, -0.2) is 0 Å². The fourth-order valence-corrected chi connectivity index (χ4v) is 6.21. The van der Waals surface area contributed by atoms with Crippen LogP contribution in [0, 0.1) is 10.8 Å². The Labute approximate surface area is 210 Å². The molecule has 2 aromatic heterocycles. The Bertz CT molecular complexity index is 927. The van der Waals surface area contributed by atoms with E-state index in [9.17, 15) is 19.8 Å². The molecule has 190 valence electrons. The predicted octanol–water partition coefficient (Wildman–Crippen LogP) is 5.87. The Morgan fingerprint density at radius 2 is 1.03 bits per heavy atom. The molecule has 0 fully saturated rings. The van der Waals surface area contributed by atoms with E-state index >= 15 is 0 Å². The van der Waals surface area contributed by atoms with E-state index < -0.39 is 0 Å². The summed E-state index contributed by atoms with van der Waals surface area (Å²) in [5.41, 5.74) is 0.642. The second kappa shape index (κ2) is 13.3. The first kappa shape index (κ1) is 28.4. The van der Waals surface area contributed by atoms with Crippen molar-refractivity contribution in [2.45, 2.75) is 66.2 Å². The summed E-state index contributed by atoms with van der Waals surface area (Å²) in [6, 6.07) is 0. The molecule has 0 bridgehead atoms. The van der Waals surface area contributed by atoms with Gasteiger partial charge in [0, 0.05) is 22.6 Å². The van der Waals surface area contributed by atoms with Crippen LogP contribution < -0.4 is 10.9 Å². The molecule has 0 radical (unpaired) electrons. The molecule has 2 aromatic rings. The molecule has 0 amide bonds. The van der Waals surface area contributed by atoms with Gasteiger partial charge in [-0.2, -0.15) is 23.5 Å². The van der Waals surface area contributed by atoms with Crippen LogP contribution in [0.1, 0.15) is 64.5 Å². The average Bonchev–Trinajstić information content (AvgIpc) is 2.77. The fraction of sp³-hybridized carbons (Fsp3) is 0.615. The van der Waals surface area contributed by atoms with Crippen LogP contribution in [0.2, 0.25) is 0 Å². The number of thioether (sulfide) groups is 2. The van der Waals surface area contributed by atoms with E-state index in [0.717, 1.165) is 61.2 Å². The van der Waals surface area contributed by atoms with Crippen LogP contribution in [0.3, 0.4) is 0 Å². The first-order chi connectivity index (χ1) is 16.0. The van der Waals surface area contributed by atoms with Crippen LogP contribution in [0.4, 0.5) is 0 Å². The summed E-state index contributed by atoms with van der Waals surface area (Å²) in [5, 5.41) is 19.0. The van der Waals surface area contributed by atoms with Gasteiger partial charge in [0.1, 0.15) is 12.5 Å². The van der Waals surface area contributed by atoms with Crippen LogP contribution >= 0.6 is 23.5 Å². The van der Waals surface area contributed by atoms with Gasteiger partial charge < -0.3 is 19.0 Å². The monoisotopic (exact) mass is 510 g/mol. The van der Waals surface area contributed by atoms with Gasteiger partial charge >= 0.3 is 0 Å². The Morgan fingerprint density at radius 3 is 1.41 bits per heavy atom. The lowest BCUT2D eigenvalue weighted by molar-refractivity contribution is 0.322. The molecule has 34 heavy (non-hydrogen) atoms. The highest BCUT2D eigenvalue weighted by molar-refractivity contribution is 8.02. The normalized spacial score (nSPS) is 12.2. The minimum Gasteiger partial charge on any atom is -0.502 e. The lowest BCUT2D eigenvalue weighted by Gasteiger charge is -2.24. The Kier molecular flexibility index (Phi) is 11.2. The summed E-state index contributed by atoms with van der Waals surface area (Å²) < 4.78 is 10.0. The van der Waals surface area contributed by atoms with Crippen molar-refractivity contribution in [2.75, 3.05) is 23.0 Å². The molecule has 8 heteroatoms. The molecule has 0 aromatic carbocycles. The molecule has 2 heterocycles. The van der Waals surface area contributed by atoms with Gasteiger partial charge in [-0.1, -0.05) is 27.7 Å². The van der Waals surface area contributed by atoms with Crippen LogP contribution in [-0.4, -0.2) is 33.2 Å².